The number of rotatable bonds is 52. The highest BCUT2D eigenvalue weighted by Gasteiger charge is 2.25. The zero-order valence-electron chi connectivity index (χ0n) is 40.2. The van der Waals surface area contributed by atoms with Crippen LogP contribution >= 0.6 is 7.82 Å². The molecular weight excluding hydrogens is 770 g/mol. The summed E-state index contributed by atoms with van der Waals surface area (Å²) in [5.41, 5.74) is 5.39. The third-order valence-electron chi connectivity index (χ3n) is 12.0. The van der Waals surface area contributed by atoms with E-state index >= 15 is 0 Å². The number of unbranched alkanes of at least 4 members (excludes halogenated alkanes) is 39. The highest BCUT2D eigenvalue weighted by molar-refractivity contribution is 7.47. The average molecular weight is 874 g/mol. The second kappa shape index (κ2) is 49.5. The predicted molar refractivity (Wildman–Crippen MR) is 257 cm³/mol. The molecule has 0 spiro atoms. The summed E-state index contributed by atoms with van der Waals surface area (Å²) in [7, 11) is -4.27. The largest absolute Gasteiger partial charge is 0.472 e. The second-order valence-corrected chi connectivity index (χ2v) is 19.6. The molecule has 1 unspecified atom stereocenters. The molecule has 0 amide bonds. The number of carbonyl (C=O) groups is 1. The van der Waals surface area contributed by atoms with Crippen LogP contribution in [0, 0.1) is 0 Å². The van der Waals surface area contributed by atoms with Crippen LogP contribution in [0.15, 0.2) is 0 Å². The Hall–Kier alpha value is -0.500. The number of esters is 1. The van der Waals surface area contributed by atoms with Crippen LogP contribution < -0.4 is 5.73 Å². The highest BCUT2D eigenvalue weighted by atomic mass is 31.2. The molecule has 2 atom stereocenters. The van der Waals surface area contributed by atoms with E-state index in [0.717, 1.165) is 32.1 Å². The molecule has 0 aliphatic rings. The fourth-order valence-electron chi connectivity index (χ4n) is 8.12. The van der Waals surface area contributed by atoms with Crippen molar-refractivity contribution in [1.82, 2.24) is 0 Å². The molecule has 8 nitrogen and oxygen atoms in total. The molecule has 3 N–H and O–H groups in total. The van der Waals surface area contributed by atoms with Crippen molar-refractivity contribution in [3.63, 3.8) is 0 Å². The van der Waals surface area contributed by atoms with Crippen LogP contribution in [0.1, 0.15) is 284 Å². The number of phosphoric ester groups is 1. The van der Waals surface area contributed by atoms with Crippen LogP contribution in [0.3, 0.4) is 0 Å². The van der Waals surface area contributed by atoms with Crippen LogP contribution in [-0.2, 0) is 27.9 Å². The molecule has 0 saturated carbocycles. The Bertz CT molecular complexity index is 894. The fraction of sp³-hybridized carbons (Fsp3) is 0.980. The highest BCUT2D eigenvalue weighted by Crippen LogP contribution is 2.43. The molecule has 0 saturated heterocycles. The maximum Gasteiger partial charge on any atom is 0.472 e. The number of nitrogens with two attached hydrogens (primary N) is 1. The lowest BCUT2D eigenvalue weighted by Crippen LogP contribution is -2.28. The summed E-state index contributed by atoms with van der Waals surface area (Å²) in [6.45, 7) is 5.01. The molecule has 0 heterocycles. The predicted octanol–water partition coefficient (Wildman–Crippen LogP) is 16.4. The summed E-state index contributed by atoms with van der Waals surface area (Å²) in [4.78, 5) is 22.6. The van der Waals surface area contributed by atoms with Crippen LogP contribution in [0.4, 0.5) is 0 Å². The summed E-state index contributed by atoms with van der Waals surface area (Å²) in [6.07, 6.45) is 54.4. The Morgan fingerprint density at radius 2 is 0.733 bits per heavy atom. The molecule has 0 aromatic rings. The number of carbonyl (C=O) groups excluding carboxylic acids is 1. The summed E-state index contributed by atoms with van der Waals surface area (Å²) in [6, 6.07) is 0. The minimum atomic E-state index is -4.27. The van der Waals surface area contributed by atoms with E-state index in [4.69, 9.17) is 24.3 Å². The van der Waals surface area contributed by atoms with Gasteiger partial charge < -0.3 is 20.1 Å². The van der Waals surface area contributed by atoms with Gasteiger partial charge in [-0.3, -0.25) is 13.8 Å². The van der Waals surface area contributed by atoms with E-state index < -0.39 is 13.9 Å². The lowest BCUT2D eigenvalue weighted by Gasteiger charge is -2.20. The molecule has 0 aliphatic carbocycles. The van der Waals surface area contributed by atoms with Gasteiger partial charge >= 0.3 is 13.8 Å². The van der Waals surface area contributed by atoms with Gasteiger partial charge in [0.1, 0.15) is 6.10 Å². The van der Waals surface area contributed by atoms with E-state index in [9.17, 15) is 14.3 Å². The minimum Gasteiger partial charge on any atom is -0.457 e. The van der Waals surface area contributed by atoms with Crippen LogP contribution in [0.5, 0.6) is 0 Å². The Balaban J connectivity index is 3.79. The van der Waals surface area contributed by atoms with Gasteiger partial charge in [-0.2, -0.15) is 0 Å². The average Bonchev–Trinajstić information content (AvgIpc) is 3.24. The smallest absolute Gasteiger partial charge is 0.457 e. The van der Waals surface area contributed by atoms with E-state index in [1.807, 2.05) is 0 Å². The first-order chi connectivity index (χ1) is 29.4. The van der Waals surface area contributed by atoms with Crippen molar-refractivity contribution in [3.8, 4) is 0 Å². The second-order valence-electron chi connectivity index (χ2n) is 18.1. The number of phosphoric acid groups is 1. The Labute approximate surface area is 373 Å². The summed E-state index contributed by atoms with van der Waals surface area (Å²) >= 11 is 0. The maximum absolute atomic E-state index is 12.7. The van der Waals surface area contributed by atoms with Crippen LogP contribution in [-0.4, -0.2) is 49.9 Å². The van der Waals surface area contributed by atoms with Gasteiger partial charge in [0, 0.05) is 19.6 Å². The molecule has 60 heavy (non-hydrogen) atoms. The number of ether oxygens (including phenoxy) is 2. The van der Waals surface area contributed by atoms with Crippen molar-refractivity contribution >= 4 is 13.8 Å². The first-order valence-corrected chi connectivity index (χ1v) is 28.0. The monoisotopic (exact) mass is 874 g/mol. The molecule has 360 valence electrons. The Morgan fingerprint density at radius 3 is 1.05 bits per heavy atom. The first kappa shape index (κ1) is 59.5. The van der Waals surface area contributed by atoms with Gasteiger partial charge in [0.2, 0.25) is 0 Å². The SMILES string of the molecule is CCCCCCCCCCCCCCCCCCCCCCCCCCCCCC(=O)O[C@H](COCCCCCCCCCCCCCCCC)COP(=O)(O)OCCN. The molecule has 0 bridgehead atoms. The third kappa shape index (κ3) is 48.5. The third-order valence-corrected chi connectivity index (χ3v) is 13.0. The van der Waals surface area contributed by atoms with Crippen LogP contribution in [0.25, 0.3) is 0 Å². The standard InChI is InChI=1S/C51H104NO7P/c1-3-5-7-9-11-13-15-17-19-20-21-22-23-24-25-26-27-28-29-30-31-32-34-36-38-40-42-44-51(53)59-50(49-58-60(54,55)57-47-45-52)48-56-46-43-41-39-37-35-33-18-16-14-12-10-8-6-4-2/h50H,3-49,52H2,1-2H3,(H,54,55)/t50-/m1/s1. The number of hydrogen-bond acceptors (Lipinski definition) is 7. The van der Waals surface area contributed by atoms with Crippen molar-refractivity contribution in [2.24, 2.45) is 5.73 Å². The summed E-state index contributed by atoms with van der Waals surface area (Å²) in [5.74, 6) is -0.320. The quantitative estimate of drug-likeness (QED) is 0.0352. The van der Waals surface area contributed by atoms with Crippen LogP contribution in [0.2, 0.25) is 0 Å². The van der Waals surface area contributed by atoms with Crippen molar-refractivity contribution in [1.29, 1.82) is 0 Å². The van der Waals surface area contributed by atoms with Gasteiger partial charge in [0.15, 0.2) is 0 Å². The van der Waals surface area contributed by atoms with E-state index in [1.165, 1.54) is 231 Å². The van der Waals surface area contributed by atoms with Crippen molar-refractivity contribution in [2.45, 2.75) is 290 Å². The van der Waals surface area contributed by atoms with E-state index in [-0.39, 0.29) is 32.3 Å². The van der Waals surface area contributed by atoms with Gasteiger partial charge in [-0.15, -0.1) is 0 Å². The van der Waals surface area contributed by atoms with E-state index in [1.54, 1.807) is 0 Å². The molecule has 9 heteroatoms. The lowest BCUT2D eigenvalue weighted by molar-refractivity contribution is -0.154. The summed E-state index contributed by atoms with van der Waals surface area (Å²) < 4.78 is 33.6. The fourth-order valence-corrected chi connectivity index (χ4v) is 8.88. The van der Waals surface area contributed by atoms with Crippen molar-refractivity contribution in [2.75, 3.05) is 33.0 Å². The van der Waals surface area contributed by atoms with Gasteiger partial charge in [-0.25, -0.2) is 4.57 Å². The normalized spacial score (nSPS) is 13.2. The zero-order chi connectivity index (χ0) is 43.7. The first-order valence-electron chi connectivity index (χ1n) is 26.5. The van der Waals surface area contributed by atoms with Crippen molar-refractivity contribution < 1.29 is 32.8 Å². The minimum absolute atomic E-state index is 0.0898. The maximum atomic E-state index is 12.7. The lowest BCUT2D eigenvalue weighted by atomic mass is 10.0. The molecular formula is C51H104NO7P. The zero-order valence-corrected chi connectivity index (χ0v) is 41.1. The number of hydrogen-bond donors (Lipinski definition) is 2. The molecule has 0 fully saturated rings. The molecule has 0 aromatic heterocycles. The molecule has 0 aromatic carbocycles. The van der Waals surface area contributed by atoms with E-state index in [2.05, 4.69) is 13.8 Å². The van der Waals surface area contributed by atoms with E-state index in [0.29, 0.717) is 13.0 Å². The topological polar surface area (TPSA) is 117 Å². The van der Waals surface area contributed by atoms with Gasteiger partial charge in [0.25, 0.3) is 0 Å². The molecule has 0 radical (unpaired) electrons. The van der Waals surface area contributed by atoms with Gasteiger partial charge in [-0.05, 0) is 12.8 Å². The Morgan fingerprint density at radius 1 is 0.433 bits per heavy atom. The van der Waals surface area contributed by atoms with Gasteiger partial charge in [-0.1, -0.05) is 264 Å². The summed E-state index contributed by atoms with van der Waals surface area (Å²) in [5, 5.41) is 0. The molecule has 0 rings (SSSR count). The van der Waals surface area contributed by atoms with Gasteiger partial charge in [0.05, 0.1) is 19.8 Å². The van der Waals surface area contributed by atoms with Crippen molar-refractivity contribution in [3.05, 3.63) is 0 Å². The molecule has 0 aliphatic heterocycles. The Kier molecular flexibility index (Phi) is 49.1.